The average Bonchev–Trinajstić information content (AvgIpc) is 3.16. The summed E-state index contributed by atoms with van der Waals surface area (Å²) in [5, 5.41) is 12.3. The van der Waals surface area contributed by atoms with E-state index in [-0.39, 0.29) is 28.5 Å². The molecule has 4 rings (SSSR count). The van der Waals surface area contributed by atoms with Crippen LogP contribution in [-0.4, -0.2) is 36.1 Å². The molecule has 0 bridgehead atoms. The third kappa shape index (κ3) is 3.59. The largest absolute Gasteiger partial charge is 0.480 e. The first-order valence-corrected chi connectivity index (χ1v) is 9.26. The molecule has 0 unspecified atom stereocenters. The van der Waals surface area contributed by atoms with E-state index in [4.69, 9.17) is 9.15 Å². The van der Waals surface area contributed by atoms with Crippen molar-refractivity contribution < 1.29 is 28.2 Å². The van der Waals surface area contributed by atoms with Crippen molar-refractivity contribution in [3.8, 4) is 28.3 Å². The molecule has 7 nitrogen and oxygen atoms in total. The number of benzene rings is 2. The van der Waals surface area contributed by atoms with Crippen LogP contribution in [0.25, 0.3) is 33.6 Å². The van der Waals surface area contributed by atoms with Crippen molar-refractivity contribution in [3.63, 3.8) is 0 Å². The van der Waals surface area contributed by atoms with Gasteiger partial charge in [-0.1, -0.05) is 12.1 Å². The van der Waals surface area contributed by atoms with Gasteiger partial charge in [0.05, 0.1) is 23.6 Å². The Kier molecular flexibility index (Phi) is 5.12. The third-order valence-electron chi connectivity index (χ3n) is 4.82. The maximum atomic E-state index is 13.4. The second-order valence-electron chi connectivity index (χ2n) is 6.68. The molecule has 8 heteroatoms. The number of hydrogen-bond donors (Lipinski definition) is 2. The van der Waals surface area contributed by atoms with Gasteiger partial charge >= 0.3 is 5.97 Å². The maximum Gasteiger partial charge on any atom is 0.335 e. The van der Waals surface area contributed by atoms with Gasteiger partial charge in [-0.05, 0) is 48.0 Å². The second kappa shape index (κ2) is 7.91. The van der Waals surface area contributed by atoms with Gasteiger partial charge in [-0.25, -0.2) is 9.18 Å². The van der Waals surface area contributed by atoms with Gasteiger partial charge in [0.25, 0.3) is 5.91 Å². The summed E-state index contributed by atoms with van der Waals surface area (Å²) in [5.74, 6) is -1.45. The van der Waals surface area contributed by atoms with E-state index in [0.29, 0.717) is 22.1 Å². The number of methoxy groups -OCH3 is 1. The quantitative estimate of drug-likeness (QED) is 0.497. The van der Waals surface area contributed by atoms with Gasteiger partial charge in [0.1, 0.15) is 11.6 Å². The summed E-state index contributed by atoms with van der Waals surface area (Å²) in [7, 11) is 2.92. The average molecular weight is 420 g/mol. The molecule has 2 aromatic carbocycles. The smallest absolute Gasteiger partial charge is 0.335 e. The van der Waals surface area contributed by atoms with Crippen LogP contribution in [0.4, 0.5) is 4.39 Å². The predicted molar refractivity (Wildman–Crippen MR) is 112 cm³/mol. The van der Waals surface area contributed by atoms with E-state index in [1.54, 1.807) is 18.2 Å². The minimum absolute atomic E-state index is 0.102. The molecule has 0 radical (unpaired) electrons. The number of nitrogens with one attached hydrogen (secondary N) is 1. The van der Waals surface area contributed by atoms with Crippen LogP contribution < -0.4 is 10.1 Å². The highest BCUT2D eigenvalue weighted by atomic mass is 19.1. The van der Waals surface area contributed by atoms with Gasteiger partial charge in [0.15, 0.2) is 0 Å². The van der Waals surface area contributed by atoms with Crippen LogP contribution in [0.3, 0.4) is 0 Å². The molecule has 0 aliphatic heterocycles. The first-order valence-electron chi connectivity index (χ1n) is 9.26. The summed E-state index contributed by atoms with van der Waals surface area (Å²) in [4.78, 5) is 28.5. The Balaban J connectivity index is 2.00. The molecule has 156 valence electrons. The maximum absolute atomic E-state index is 13.4. The SMILES string of the molecule is CNC(=O)c1c(-c2ccc(F)cc2)oc2nc(OC)c(-c3cccc(C(=O)O)c3)cc12. The molecule has 0 aliphatic rings. The molecule has 0 aliphatic carbocycles. The molecule has 2 N–H and O–H groups in total. The van der Waals surface area contributed by atoms with Crippen molar-refractivity contribution in [2.75, 3.05) is 14.2 Å². The van der Waals surface area contributed by atoms with Crippen molar-refractivity contribution in [1.29, 1.82) is 0 Å². The Labute approximate surface area is 176 Å². The number of nitrogens with zero attached hydrogens (tertiary/aromatic N) is 1. The fourth-order valence-corrected chi connectivity index (χ4v) is 3.34. The topological polar surface area (TPSA) is 102 Å². The third-order valence-corrected chi connectivity index (χ3v) is 4.82. The number of carbonyl (C=O) groups is 2. The van der Waals surface area contributed by atoms with Gasteiger partial charge in [-0.2, -0.15) is 4.98 Å². The standard InChI is InChI=1S/C23H17FN2O5/c1-25-20(27)18-17-11-16(13-4-3-5-14(10-13)23(28)29)21(30-2)26-22(17)31-19(18)12-6-8-15(24)9-7-12/h3-11H,1-2H3,(H,25,27)(H,28,29). The molecule has 31 heavy (non-hydrogen) atoms. The van der Waals surface area contributed by atoms with Crippen LogP contribution in [0.5, 0.6) is 5.88 Å². The number of amides is 1. The molecule has 0 saturated carbocycles. The lowest BCUT2D eigenvalue weighted by Crippen LogP contribution is -2.18. The number of carboxylic acid groups (broad SMARTS) is 1. The van der Waals surface area contributed by atoms with E-state index >= 15 is 0 Å². The predicted octanol–water partition coefficient (Wildman–Crippen LogP) is 4.37. The number of fused-ring (bicyclic) bond motifs is 1. The summed E-state index contributed by atoms with van der Waals surface area (Å²) < 4.78 is 24.7. The van der Waals surface area contributed by atoms with E-state index in [1.165, 1.54) is 50.6 Å². The van der Waals surface area contributed by atoms with Crippen LogP contribution >= 0.6 is 0 Å². The number of rotatable bonds is 5. The number of ether oxygens (including phenoxy) is 1. The van der Waals surface area contributed by atoms with Crippen molar-refractivity contribution >= 4 is 23.0 Å². The van der Waals surface area contributed by atoms with Crippen molar-refractivity contribution in [2.45, 2.75) is 0 Å². The Morgan fingerprint density at radius 2 is 1.84 bits per heavy atom. The van der Waals surface area contributed by atoms with Gasteiger partial charge in [-0.15, -0.1) is 0 Å². The van der Waals surface area contributed by atoms with E-state index in [0.717, 1.165) is 0 Å². The van der Waals surface area contributed by atoms with Crippen molar-refractivity contribution in [3.05, 3.63) is 71.5 Å². The monoisotopic (exact) mass is 420 g/mol. The number of pyridine rings is 1. The lowest BCUT2D eigenvalue weighted by molar-refractivity contribution is 0.0696. The fourth-order valence-electron chi connectivity index (χ4n) is 3.34. The Morgan fingerprint density at radius 1 is 1.10 bits per heavy atom. The normalized spacial score (nSPS) is 10.8. The molecule has 0 spiro atoms. The summed E-state index contributed by atoms with van der Waals surface area (Å²) in [5.41, 5.74) is 2.05. The lowest BCUT2D eigenvalue weighted by atomic mass is 10.0. The first kappa shape index (κ1) is 20.1. The van der Waals surface area contributed by atoms with Crippen molar-refractivity contribution in [2.24, 2.45) is 0 Å². The molecule has 2 heterocycles. The van der Waals surface area contributed by atoms with Gasteiger partial charge < -0.3 is 19.6 Å². The molecular formula is C23H17FN2O5. The van der Waals surface area contributed by atoms with E-state index in [1.807, 2.05) is 0 Å². The summed E-state index contributed by atoms with van der Waals surface area (Å²) in [6.07, 6.45) is 0. The molecular weight excluding hydrogens is 403 g/mol. The second-order valence-corrected chi connectivity index (χ2v) is 6.68. The molecule has 1 amide bonds. The Hall–Kier alpha value is -4.20. The number of aromatic carboxylic acids is 1. The minimum atomic E-state index is -1.07. The van der Waals surface area contributed by atoms with Crippen LogP contribution in [0.2, 0.25) is 0 Å². The zero-order valence-electron chi connectivity index (χ0n) is 16.6. The minimum Gasteiger partial charge on any atom is -0.480 e. The van der Waals surface area contributed by atoms with E-state index in [9.17, 15) is 19.1 Å². The van der Waals surface area contributed by atoms with Crippen LogP contribution in [-0.2, 0) is 0 Å². The molecule has 0 saturated heterocycles. The zero-order chi connectivity index (χ0) is 22.1. The Morgan fingerprint density at radius 3 is 2.48 bits per heavy atom. The van der Waals surface area contributed by atoms with Crippen LogP contribution in [0.1, 0.15) is 20.7 Å². The van der Waals surface area contributed by atoms with Crippen LogP contribution in [0.15, 0.2) is 59.0 Å². The first-order chi connectivity index (χ1) is 14.9. The Bertz CT molecular complexity index is 1310. The molecule has 0 fully saturated rings. The van der Waals surface area contributed by atoms with Crippen molar-refractivity contribution in [1.82, 2.24) is 10.3 Å². The highest BCUT2D eigenvalue weighted by molar-refractivity contribution is 6.11. The fraction of sp³-hybridized carbons (Fsp3) is 0.0870. The highest BCUT2D eigenvalue weighted by Gasteiger charge is 2.25. The number of hydrogen-bond acceptors (Lipinski definition) is 5. The summed E-state index contributed by atoms with van der Waals surface area (Å²) in [6.45, 7) is 0. The van der Waals surface area contributed by atoms with Gasteiger partial charge in [0.2, 0.25) is 11.6 Å². The molecule has 2 aromatic heterocycles. The van der Waals surface area contributed by atoms with Gasteiger partial charge in [-0.3, -0.25) is 4.79 Å². The number of aromatic nitrogens is 1. The van der Waals surface area contributed by atoms with E-state index < -0.39 is 17.7 Å². The number of carbonyl (C=O) groups excluding carboxylic acids is 1. The lowest BCUT2D eigenvalue weighted by Gasteiger charge is -2.09. The molecule has 0 atom stereocenters. The molecule has 4 aromatic rings. The summed E-state index contributed by atoms with van der Waals surface area (Å²) in [6, 6.07) is 13.5. The highest BCUT2D eigenvalue weighted by Crippen LogP contribution is 2.38. The zero-order valence-corrected chi connectivity index (χ0v) is 16.6. The summed E-state index contributed by atoms with van der Waals surface area (Å²) >= 11 is 0. The van der Waals surface area contributed by atoms with E-state index in [2.05, 4.69) is 10.3 Å². The van der Waals surface area contributed by atoms with Crippen LogP contribution in [0, 0.1) is 5.82 Å². The number of halogens is 1. The van der Waals surface area contributed by atoms with Gasteiger partial charge in [0, 0.05) is 18.2 Å². The number of furan rings is 1. The number of carboxylic acids is 1.